The lowest BCUT2D eigenvalue weighted by molar-refractivity contribution is 0.0918. The third kappa shape index (κ3) is 4.54. The largest absolute Gasteiger partial charge is 0.450 e. The van der Waals surface area contributed by atoms with Crippen LogP contribution >= 0.6 is 50.7 Å². The van der Waals surface area contributed by atoms with Gasteiger partial charge in [0.05, 0.1) is 10.2 Å². The molecule has 1 aromatic heterocycles. The van der Waals surface area contributed by atoms with E-state index in [9.17, 15) is 4.79 Å². The van der Waals surface area contributed by atoms with Gasteiger partial charge >= 0.3 is 5.91 Å². The zero-order valence-electron chi connectivity index (χ0n) is 11.5. The highest BCUT2D eigenvalue weighted by atomic mass is 127. The molecule has 0 saturated heterocycles. The number of furan rings is 1. The van der Waals surface area contributed by atoms with Gasteiger partial charge in [0.2, 0.25) is 0 Å². The van der Waals surface area contributed by atoms with Gasteiger partial charge in [-0.1, -0.05) is 15.9 Å². The second-order valence-electron chi connectivity index (χ2n) is 4.24. The van der Waals surface area contributed by atoms with Crippen LogP contribution in [0.2, 0.25) is 0 Å². The molecule has 3 N–H and O–H groups in total. The first kappa shape index (κ1) is 17.4. The van der Waals surface area contributed by atoms with Gasteiger partial charge in [-0.25, -0.2) is 0 Å². The van der Waals surface area contributed by atoms with E-state index < -0.39 is 5.91 Å². The second kappa shape index (κ2) is 8.09. The zero-order chi connectivity index (χ0) is 16.1. The Balaban J connectivity index is 1.98. The summed E-state index contributed by atoms with van der Waals surface area (Å²) < 4.78 is 12.3. The van der Waals surface area contributed by atoms with E-state index in [1.165, 1.54) is 0 Å². The Kier molecular flexibility index (Phi) is 6.41. The third-order valence-corrected chi connectivity index (χ3v) is 4.15. The minimum atomic E-state index is -0.404. The van der Waals surface area contributed by atoms with Gasteiger partial charge in [0.1, 0.15) is 5.58 Å². The molecule has 6 nitrogen and oxygen atoms in total. The normalized spacial score (nSPS) is 10.5. The third-order valence-electron chi connectivity index (χ3n) is 2.64. The minimum absolute atomic E-state index is 0.207. The van der Waals surface area contributed by atoms with Crippen molar-refractivity contribution < 1.29 is 13.9 Å². The number of carbonyl (C=O) groups is 1. The quantitative estimate of drug-likeness (QED) is 0.261. The highest BCUT2D eigenvalue weighted by Crippen LogP contribution is 2.28. The van der Waals surface area contributed by atoms with Crippen LogP contribution < -0.4 is 16.2 Å². The highest BCUT2D eigenvalue weighted by Gasteiger charge is 2.14. The molecular formula is C13H13BrIN3O3S. The maximum atomic E-state index is 12.1. The van der Waals surface area contributed by atoms with Crippen LogP contribution in [0.1, 0.15) is 10.6 Å². The molecule has 118 valence electrons. The number of fused-ring (bicyclic) bond motifs is 1. The standard InChI is InChI=1S/C13H13BrIN3O3S/c1-20-3-2-16-13(22)18-17-12(19)10-5-7-4-8(14)6-9(15)11(7)21-10/h4-6H,2-3H2,1H3,(H,17,19)(H2,16,18,22). The predicted octanol–water partition coefficient (Wildman–Crippen LogP) is 2.56. The molecule has 0 aliphatic rings. The van der Waals surface area contributed by atoms with E-state index >= 15 is 0 Å². The van der Waals surface area contributed by atoms with Gasteiger partial charge in [0.15, 0.2) is 10.9 Å². The van der Waals surface area contributed by atoms with E-state index in [2.05, 4.69) is 54.7 Å². The zero-order valence-corrected chi connectivity index (χ0v) is 16.1. The van der Waals surface area contributed by atoms with Crippen LogP contribution in [0.4, 0.5) is 0 Å². The Morgan fingerprint density at radius 2 is 2.18 bits per heavy atom. The van der Waals surface area contributed by atoms with Crippen LogP contribution in [0.5, 0.6) is 0 Å². The lowest BCUT2D eigenvalue weighted by Gasteiger charge is -2.10. The topological polar surface area (TPSA) is 75.5 Å². The number of ether oxygens (including phenoxy) is 1. The molecule has 0 atom stereocenters. The van der Waals surface area contributed by atoms with Gasteiger partial charge in [-0.15, -0.1) is 0 Å². The number of hydrogen-bond acceptors (Lipinski definition) is 4. The Bertz CT molecular complexity index is 707. The minimum Gasteiger partial charge on any atom is -0.450 e. The molecule has 0 aliphatic carbocycles. The number of hydrogen-bond donors (Lipinski definition) is 3. The van der Waals surface area contributed by atoms with Gasteiger partial charge in [0.25, 0.3) is 0 Å². The SMILES string of the molecule is COCCNC(=S)NNC(=O)c1cc2cc(Br)cc(I)c2o1. The van der Waals surface area contributed by atoms with Crippen LogP contribution in [0.3, 0.4) is 0 Å². The van der Waals surface area contributed by atoms with Crippen molar-refractivity contribution in [2.75, 3.05) is 20.3 Å². The number of nitrogens with one attached hydrogen (secondary N) is 3. The van der Waals surface area contributed by atoms with Crippen LogP contribution in [0.25, 0.3) is 11.0 Å². The second-order valence-corrected chi connectivity index (χ2v) is 6.73. The summed E-state index contributed by atoms with van der Waals surface area (Å²) in [5.41, 5.74) is 5.76. The number of rotatable bonds is 4. The molecule has 0 aliphatic heterocycles. The van der Waals surface area contributed by atoms with Gasteiger partial charge in [-0.2, -0.15) is 0 Å². The maximum Gasteiger partial charge on any atom is 0.305 e. The fraction of sp³-hybridized carbons (Fsp3) is 0.231. The molecular weight excluding hydrogens is 485 g/mol. The van der Waals surface area contributed by atoms with Crippen molar-refractivity contribution in [2.24, 2.45) is 0 Å². The summed E-state index contributed by atoms with van der Waals surface area (Å²) in [4.78, 5) is 12.1. The van der Waals surface area contributed by atoms with Crippen LogP contribution in [-0.4, -0.2) is 31.3 Å². The Morgan fingerprint density at radius 3 is 2.91 bits per heavy atom. The summed E-state index contributed by atoms with van der Waals surface area (Å²) in [5, 5.41) is 4.03. The number of hydrazine groups is 1. The van der Waals surface area contributed by atoms with Gasteiger partial charge in [-0.05, 0) is 53.0 Å². The van der Waals surface area contributed by atoms with Gasteiger partial charge in [-0.3, -0.25) is 15.6 Å². The number of thiocarbonyl (C=S) groups is 1. The van der Waals surface area contributed by atoms with E-state index in [-0.39, 0.29) is 5.76 Å². The van der Waals surface area contributed by atoms with E-state index in [0.717, 1.165) is 13.4 Å². The van der Waals surface area contributed by atoms with Crippen molar-refractivity contribution in [3.05, 3.63) is 32.0 Å². The highest BCUT2D eigenvalue weighted by molar-refractivity contribution is 14.1. The molecule has 0 bridgehead atoms. The van der Waals surface area contributed by atoms with E-state index in [0.29, 0.717) is 23.8 Å². The summed E-state index contributed by atoms with van der Waals surface area (Å²) in [6.07, 6.45) is 0. The average Bonchev–Trinajstić information content (AvgIpc) is 2.89. The number of amides is 1. The smallest absolute Gasteiger partial charge is 0.305 e. The molecule has 1 aromatic carbocycles. The Morgan fingerprint density at radius 1 is 1.41 bits per heavy atom. The van der Waals surface area contributed by atoms with E-state index in [1.807, 2.05) is 12.1 Å². The van der Waals surface area contributed by atoms with Crippen molar-refractivity contribution in [2.45, 2.75) is 0 Å². The van der Waals surface area contributed by atoms with Crippen LogP contribution in [0, 0.1) is 3.57 Å². The van der Waals surface area contributed by atoms with Crippen molar-refractivity contribution in [1.29, 1.82) is 0 Å². The summed E-state index contributed by atoms with van der Waals surface area (Å²) in [5.74, 6) is -0.197. The average molecular weight is 498 g/mol. The molecule has 0 fully saturated rings. The fourth-order valence-corrected chi connectivity index (χ4v) is 3.49. The summed E-state index contributed by atoms with van der Waals surface area (Å²) in [6, 6.07) is 5.49. The van der Waals surface area contributed by atoms with E-state index in [4.69, 9.17) is 21.4 Å². The first-order chi connectivity index (χ1) is 10.5. The number of halogens is 2. The lowest BCUT2D eigenvalue weighted by atomic mass is 10.2. The van der Waals surface area contributed by atoms with Crippen LogP contribution in [-0.2, 0) is 4.74 Å². The lowest BCUT2D eigenvalue weighted by Crippen LogP contribution is -2.47. The van der Waals surface area contributed by atoms with Gasteiger partial charge in [0, 0.05) is 23.5 Å². The summed E-state index contributed by atoms with van der Waals surface area (Å²) >= 11 is 10.6. The molecule has 1 amide bonds. The maximum absolute atomic E-state index is 12.1. The molecule has 0 unspecified atom stereocenters. The number of carbonyl (C=O) groups excluding carboxylic acids is 1. The predicted molar refractivity (Wildman–Crippen MR) is 99.7 cm³/mol. The first-order valence-electron chi connectivity index (χ1n) is 6.23. The fourth-order valence-electron chi connectivity index (χ4n) is 1.67. The van der Waals surface area contributed by atoms with Gasteiger partial charge < -0.3 is 14.5 Å². The molecule has 0 radical (unpaired) electrons. The number of methoxy groups -OCH3 is 1. The molecule has 2 rings (SSSR count). The van der Waals surface area contributed by atoms with Crippen LogP contribution in [0.15, 0.2) is 27.1 Å². The summed E-state index contributed by atoms with van der Waals surface area (Å²) in [6.45, 7) is 1.07. The molecule has 9 heteroatoms. The monoisotopic (exact) mass is 497 g/mol. The molecule has 2 aromatic rings. The van der Waals surface area contributed by atoms with Crippen molar-refractivity contribution in [3.63, 3.8) is 0 Å². The Hall–Kier alpha value is -0.910. The molecule has 0 spiro atoms. The number of benzene rings is 1. The van der Waals surface area contributed by atoms with Crippen molar-refractivity contribution in [3.8, 4) is 0 Å². The molecule has 0 saturated carbocycles. The summed E-state index contributed by atoms with van der Waals surface area (Å²) in [7, 11) is 1.60. The molecule has 22 heavy (non-hydrogen) atoms. The van der Waals surface area contributed by atoms with Crippen molar-refractivity contribution in [1.82, 2.24) is 16.2 Å². The first-order valence-corrected chi connectivity index (χ1v) is 8.51. The Labute approximate surface area is 154 Å². The van der Waals surface area contributed by atoms with E-state index in [1.54, 1.807) is 13.2 Å². The van der Waals surface area contributed by atoms with Crippen molar-refractivity contribution >= 4 is 72.7 Å². The molecule has 1 heterocycles.